The molecule has 0 radical (unpaired) electrons. The first-order valence-corrected chi connectivity index (χ1v) is 5.95. The Bertz CT molecular complexity index is 473. The zero-order valence-corrected chi connectivity index (χ0v) is 9.58. The number of aromatic nitrogens is 4. The predicted octanol–water partition coefficient (Wildman–Crippen LogP) is 1.09. The van der Waals surface area contributed by atoms with Gasteiger partial charge < -0.3 is 5.32 Å². The number of hydrogen-bond donors (Lipinski definition) is 1. The van der Waals surface area contributed by atoms with E-state index in [4.69, 9.17) is 0 Å². The van der Waals surface area contributed by atoms with Gasteiger partial charge in [-0.15, -0.1) is 0 Å². The predicted molar refractivity (Wildman–Crippen MR) is 64.3 cm³/mol. The lowest BCUT2D eigenvalue weighted by molar-refractivity contribution is 0.477. The first kappa shape index (κ1) is 10.4. The zero-order chi connectivity index (χ0) is 11.5. The minimum Gasteiger partial charge on any atom is -0.312 e. The minimum absolute atomic E-state index is 0.560. The van der Waals surface area contributed by atoms with Crippen LogP contribution in [-0.2, 0) is 6.54 Å². The van der Waals surface area contributed by atoms with Gasteiger partial charge in [-0.25, -0.2) is 0 Å². The van der Waals surface area contributed by atoms with Gasteiger partial charge in [0.1, 0.15) is 11.4 Å². The first-order valence-electron chi connectivity index (χ1n) is 5.95. The number of nitrogens with one attached hydrogen (secondary N) is 1. The second-order valence-electron chi connectivity index (χ2n) is 4.31. The van der Waals surface area contributed by atoms with Crippen LogP contribution in [0.3, 0.4) is 0 Å². The molecule has 5 nitrogen and oxygen atoms in total. The topological polar surface area (TPSA) is 55.6 Å². The number of hydrogen-bond acceptors (Lipinski definition) is 4. The molecule has 3 heterocycles. The van der Waals surface area contributed by atoms with E-state index in [-0.39, 0.29) is 0 Å². The van der Waals surface area contributed by atoms with E-state index in [0.29, 0.717) is 6.04 Å². The van der Waals surface area contributed by atoms with Gasteiger partial charge in [0.25, 0.3) is 0 Å². The molecule has 1 saturated heterocycles. The molecule has 1 fully saturated rings. The molecule has 2 aromatic rings. The third-order valence-corrected chi connectivity index (χ3v) is 3.04. The van der Waals surface area contributed by atoms with Crippen molar-refractivity contribution in [2.45, 2.75) is 25.4 Å². The molecule has 0 bridgehead atoms. The van der Waals surface area contributed by atoms with Crippen LogP contribution in [-0.4, -0.2) is 32.3 Å². The van der Waals surface area contributed by atoms with Crippen LogP contribution >= 0.6 is 0 Å². The third-order valence-electron chi connectivity index (χ3n) is 3.04. The molecule has 1 aliphatic heterocycles. The summed E-state index contributed by atoms with van der Waals surface area (Å²) in [6, 6.07) is 2.54. The summed E-state index contributed by atoms with van der Waals surface area (Å²) in [5.74, 6) is 0. The highest BCUT2D eigenvalue weighted by atomic mass is 15.3. The van der Waals surface area contributed by atoms with Gasteiger partial charge in [0.15, 0.2) is 0 Å². The van der Waals surface area contributed by atoms with Gasteiger partial charge in [-0.05, 0) is 25.5 Å². The minimum atomic E-state index is 0.560. The van der Waals surface area contributed by atoms with Crippen molar-refractivity contribution in [1.29, 1.82) is 0 Å². The Morgan fingerprint density at radius 2 is 2.35 bits per heavy atom. The highest BCUT2D eigenvalue weighted by Gasteiger charge is 2.15. The van der Waals surface area contributed by atoms with Crippen LogP contribution in [0, 0.1) is 0 Å². The summed E-state index contributed by atoms with van der Waals surface area (Å²) in [4.78, 5) is 8.29. The lowest BCUT2D eigenvalue weighted by Crippen LogP contribution is -2.26. The molecule has 5 heteroatoms. The Hall–Kier alpha value is -1.75. The molecule has 17 heavy (non-hydrogen) atoms. The second kappa shape index (κ2) is 4.63. The maximum atomic E-state index is 4.52. The Labute approximate surface area is 99.9 Å². The summed E-state index contributed by atoms with van der Waals surface area (Å²) in [7, 11) is 0. The molecular formula is C12H15N5. The van der Waals surface area contributed by atoms with Crippen LogP contribution < -0.4 is 5.32 Å². The van der Waals surface area contributed by atoms with E-state index in [9.17, 15) is 0 Å². The third kappa shape index (κ3) is 2.34. The van der Waals surface area contributed by atoms with E-state index in [0.717, 1.165) is 24.5 Å². The molecule has 0 unspecified atom stereocenters. The van der Waals surface area contributed by atoms with Crippen LogP contribution in [0.4, 0.5) is 0 Å². The quantitative estimate of drug-likeness (QED) is 0.856. The standard InChI is InChI=1S/C12H15N5/c1-2-10(14-4-1)9-17-7-3-11(16-17)12-8-13-5-6-15-12/h3,5-8,10,14H,1-2,4,9H2/t10-/m0/s1. The molecular weight excluding hydrogens is 214 g/mol. The molecule has 1 N–H and O–H groups in total. The van der Waals surface area contributed by atoms with Gasteiger partial charge in [-0.1, -0.05) is 0 Å². The average Bonchev–Trinajstić information content (AvgIpc) is 3.02. The van der Waals surface area contributed by atoms with Crippen LogP contribution in [0.25, 0.3) is 11.4 Å². The molecule has 3 rings (SSSR count). The first-order chi connectivity index (χ1) is 8.42. The van der Waals surface area contributed by atoms with Gasteiger partial charge in [0, 0.05) is 24.6 Å². The van der Waals surface area contributed by atoms with E-state index in [1.54, 1.807) is 18.6 Å². The molecule has 0 aromatic carbocycles. The van der Waals surface area contributed by atoms with E-state index in [1.165, 1.54) is 12.8 Å². The van der Waals surface area contributed by atoms with Crippen molar-refractivity contribution >= 4 is 0 Å². The fourth-order valence-electron chi connectivity index (χ4n) is 2.17. The molecule has 88 valence electrons. The van der Waals surface area contributed by atoms with Crippen molar-refractivity contribution in [3.63, 3.8) is 0 Å². The van der Waals surface area contributed by atoms with Gasteiger partial charge in [0.05, 0.1) is 12.7 Å². The molecule has 2 aromatic heterocycles. The second-order valence-corrected chi connectivity index (χ2v) is 4.31. The van der Waals surface area contributed by atoms with Gasteiger partial charge in [-0.3, -0.25) is 14.6 Å². The maximum absolute atomic E-state index is 4.52. The highest BCUT2D eigenvalue weighted by molar-refractivity contribution is 5.51. The van der Waals surface area contributed by atoms with E-state index < -0.39 is 0 Å². The largest absolute Gasteiger partial charge is 0.312 e. The summed E-state index contributed by atoms with van der Waals surface area (Å²) < 4.78 is 1.98. The highest BCUT2D eigenvalue weighted by Crippen LogP contribution is 2.13. The summed E-state index contributed by atoms with van der Waals surface area (Å²) >= 11 is 0. The van der Waals surface area contributed by atoms with Crippen molar-refractivity contribution in [1.82, 2.24) is 25.1 Å². The molecule has 0 spiro atoms. The van der Waals surface area contributed by atoms with E-state index in [1.807, 2.05) is 16.9 Å². The van der Waals surface area contributed by atoms with Crippen molar-refractivity contribution in [2.75, 3.05) is 6.54 Å². The van der Waals surface area contributed by atoms with Crippen LogP contribution in [0.2, 0.25) is 0 Å². The Balaban J connectivity index is 1.74. The fourth-order valence-corrected chi connectivity index (χ4v) is 2.17. The van der Waals surface area contributed by atoms with Crippen LogP contribution in [0.5, 0.6) is 0 Å². The Morgan fingerprint density at radius 1 is 1.35 bits per heavy atom. The monoisotopic (exact) mass is 229 g/mol. The van der Waals surface area contributed by atoms with Crippen molar-refractivity contribution in [2.24, 2.45) is 0 Å². The van der Waals surface area contributed by atoms with E-state index >= 15 is 0 Å². The van der Waals surface area contributed by atoms with E-state index in [2.05, 4.69) is 20.4 Å². The number of rotatable bonds is 3. The summed E-state index contributed by atoms with van der Waals surface area (Å²) in [5, 5.41) is 7.98. The SMILES string of the molecule is c1cnc(-c2ccn(C[C@@H]3CCCN3)n2)cn1. The Morgan fingerprint density at radius 3 is 3.12 bits per heavy atom. The average molecular weight is 229 g/mol. The van der Waals surface area contributed by atoms with Gasteiger partial charge >= 0.3 is 0 Å². The molecule has 0 aliphatic carbocycles. The van der Waals surface area contributed by atoms with Crippen molar-refractivity contribution in [3.05, 3.63) is 30.9 Å². The normalized spacial score (nSPS) is 19.6. The van der Waals surface area contributed by atoms with Crippen molar-refractivity contribution in [3.8, 4) is 11.4 Å². The summed E-state index contributed by atoms with van der Waals surface area (Å²) in [6.07, 6.45) is 9.60. The smallest absolute Gasteiger partial charge is 0.112 e. The number of nitrogens with zero attached hydrogens (tertiary/aromatic N) is 4. The van der Waals surface area contributed by atoms with Crippen LogP contribution in [0.15, 0.2) is 30.9 Å². The lowest BCUT2D eigenvalue weighted by Gasteiger charge is -2.09. The maximum Gasteiger partial charge on any atom is 0.112 e. The molecule has 1 atom stereocenters. The molecule has 1 aliphatic rings. The molecule has 0 saturated carbocycles. The van der Waals surface area contributed by atoms with Gasteiger partial charge in [-0.2, -0.15) is 5.10 Å². The fraction of sp³-hybridized carbons (Fsp3) is 0.417. The van der Waals surface area contributed by atoms with Gasteiger partial charge in [0.2, 0.25) is 0 Å². The summed E-state index contributed by atoms with van der Waals surface area (Å²) in [5.41, 5.74) is 1.71. The zero-order valence-electron chi connectivity index (χ0n) is 9.58. The Kier molecular flexibility index (Phi) is 2.83. The van der Waals surface area contributed by atoms with Crippen LogP contribution in [0.1, 0.15) is 12.8 Å². The summed E-state index contributed by atoms with van der Waals surface area (Å²) in [6.45, 7) is 2.06. The lowest BCUT2D eigenvalue weighted by atomic mass is 10.2. The molecule has 0 amide bonds. The van der Waals surface area contributed by atoms with Crippen molar-refractivity contribution < 1.29 is 0 Å².